The van der Waals surface area contributed by atoms with Crippen molar-refractivity contribution in [3.05, 3.63) is 39.8 Å². The Hall–Kier alpha value is -1.93. The van der Waals surface area contributed by atoms with Gasteiger partial charge in [-0.25, -0.2) is 4.98 Å². The molecule has 2 N–H and O–H groups in total. The summed E-state index contributed by atoms with van der Waals surface area (Å²) in [5.74, 6) is -0.398. The number of benzene rings is 1. The lowest BCUT2D eigenvalue weighted by molar-refractivity contribution is -0.121. The molecule has 2 amide bonds. The highest BCUT2D eigenvalue weighted by Gasteiger charge is 2.31. The van der Waals surface area contributed by atoms with Gasteiger partial charge in [-0.1, -0.05) is 15.9 Å². The summed E-state index contributed by atoms with van der Waals surface area (Å²) < 4.78 is 0.962. The molecule has 0 aliphatic carbocycles. The summed E-state index contributed by atoms with van der Waals surface area (Å²) in [6, 6.07) is 7.07. The van der Waals surface area contributed by atoms with E-state index in [-0.39, 0.29) is 11.8 Å². The summed E-state index contributed by atoms with van der Waals surface area (Å²) in [5.41, 5.74) is 1.17. The maximum atomic E-state index is 12.7. The number of hydrogen-bond acceptors (Lipinski definition) is 5. The first-order valence-corrected chi connectivity index (χ1v) is 9.27. The van der Waals surface area contributed by atoms with E-state index >= 15 is 0 Å². The van der Waals surface area contributed by atoms with Crippen molar-refractivity contribution in [3.63, 3.8) is 0 Å². The molecule has 0 bridgehead atoms. The van der Waals surface area contributed by atoms with Gasteiger partial charge in [0.1, 0.15) is 11.7 Å². The maximum Gasteiger partial charge on any atom is 0.271 e. The third-order valence-corrected chi connectivity index (χ3v) is 5.22. The van der Waals surface area contributed by atoms with Crippen LogP contribution in [0.2, 0.25) is 0 Å². The van der Waals surface area contributed by atoms with E-state index in [1.807, 2.05) is 24.3 Å². The Labute approximate surface area is 152 Å². The Kier molecular flexibility index (Phi) is 5.15. The standard InChI is InChI=1S/C16H17BrN4O2S/c1-18-16-20-13(9-24-16)14(22)19-12-3-2-8-21(15(12)23)11-6-4-10(17)5-7-11/h4-7,9,12H,2-3,8H2,1H3,(H,18,20)(H,19,22). The molecular weight excluding hydrogens is 392 g/mol. The fraction of sp³-hybridized carbons (Fsp3) is 0.312. The van der Waals surface area contributed by atoms with Crippen molar-refractivity contribution in [2.24, 2.45) is 0 Å². The molecule has 1 atom stereocenters. The van der Waals surface area contributed by atoms with Gasteiger partial charge in [0.25, 0.3) is 5.91 Å². The van der Waals surface area contributed by atoms with Crippen LogP contribution in [0.1, 0.15) is 23.3 Å². The topological polar surface area (TPSA) is 74.3 Å². The van der Waals surface area contributed by atoms with Gasteiger partial charge in [0.2, 0.25) is 5.91 Å². The highest BCUT2D eigenvalue weighted by atomic mass is 79.9. The summed E-state index contributed by atoms with van der Waals surface area (Å²) in [6.07, 6.45) is 1.48. The van der Waals surface area contributed by atoms with Crippen LogP contribution in [0.15, 0.2) is 34.1 Å². The molecule has 1 aromatic heterocycles. The van der Waals surface area contributed by atoms with E-state index in [4.69, 9.17) is 0 Å². The molecule has 1 fully saturated rings. The van der Waals surface area contributed by atoms with Crippen molar-refractivity contribution in [3.8, 4) is 0 Å². The van der Waals surface area contributed by atoms with Gasteiger partial charge in [-0.15, -0.1) is 11.3 Å². The largest absolute Gasteiger partial charge is 0.365 e. The van der Waals surface area contributed by atoms with Crippen LogP contribution in [-0.4, -0.2) is 36.4 Å². The van der Waals surface area contributed by atoms with Gasteiger partial charge >= 0.3 is 0 Å². The van der Waals surface area contributed by atoms with Crippen LogP contribution in [0.4, 0.5) is 10.8 Å². The molecule has 24 heavy (non-hydrogen) atoms. The normalized spacial score (nSPS) is 17.7. The van der Waals surface area contributed by atoms with Gasteiger partial charge in [-0.3, -0.25) is 9.59 Å². The zero-order valence-corrected chi connectivity index (χ0v) is 15.5. The van der Waals surface area contributed by atoms with Crippen molar-refractivity contribution >= 4 is 49.9 Å². The van der Waals surface area contributed by atoms with E-state index in [0.717, 1.165) is 16.6 Å². The predicted octanol–water partition coefficient (Wildman–Crippen LogP) is 2.87. The van der Waals surface area contributed by atoms with Crippen LogP contribution in [0.5, 0.6) is 0 Å². The number of piperidine rings is 1. The fourth-order valence-electron chi connectivity index (χ4n) is 2.61. The number of carbonyl (C=O) groups is 2. The lowest BCUT2D eigenvalue weighted by Gasteiger charge is -2.32. The van der Waals surface area contributed by atoms with Crippen LogP contribution >= 0.6 is 27.3 Å². The second-order valence-electron chi connectivity index (χ2n) is 5.42. The maximum absolute atomic E-state index is 12.7. The lowest BCUT2D eigenvalue weighted by Crippen LogP contribution is -2.52. The molecule has 3 rings (SSSR count). The first-order valence-electron chi connectivity index (χ1n) is 7.59. The van der Waals surface area contributed by atoms with Crippen molar-refractivity contribution in [2.45, 2.75) is 18.9 Å². The second-order valence-corrected chi connectivity index (χ2v) is 7.20. The number of anilines is 2. The van der Waals surface area contributed by atoms with Crippen molar-refractivity contribution < 1.29 is 9.59 Å². The minimum atomic E-state index is -0.519. The monoisotopic (exact) mass is 408 g/mol. The number of halogens is 1. The van der Waals surface area contributed by atoms with Gasteiger partial charge in [0.05, 0.1) is 0 Å². The van der Waals surface area contributed by atoms with Crippen molar-refractivity contribution in [2.75, 3.05) is 23.8 Å². The first-order chi connectivity index (χ1) is 11.6. The number of thiazole rings is 1. The Morgan fingerprint density at radius 2 is 2.12 bits per heavy atom. The van der Waals surface area contributed by atoms with Crippen molar-refractivity contribution in [1.29, 1.82) is 0 Å². The van der Waals surface area contributed by atoms with E-state index < -0.39 is 6.04 Å². The van der Waals surface area contributed by atoms with E-state index in [2.05, 4.69) is 31.5 Å². The third kappa shape index (κ3) is 3.59. The summed E-state index contributed by atoms with van der Waals surface area (Å²) in [5, 5.41) is 8.06. The zero-order valence-electron chi connectivity index (χ0n) is 13.1. The average molecular weight is 409 g/mol. The van der Waals surface area contributed by atoms with E-state index in [1.165, 1.54) is 11.3 Å². The van der Waals surface area contributed by atoms with Crippen LogP contribution in [0.25, 0.3) is 0 Å². The number of hydrogen-bond donors (Lipinski definition) is 2. The lowest BCUT2D eigenvalue weighted by atomic mass is 10.0. The molecule has 6 nitrogen and oxygen atoms in total. The molecule has 2 heterocycles. The van der Waals surface area contributed by atoms with Gasteiger partial charge < -0.3 is 15.5 Å². The van der Waals surface area contributed by atoms with Gasteiger partial charge in [0, 0.05) is 29.1 Å². The smallest absolute Gasteiger partial charge is 0.271 e. The summed E-state index contributed by atoms with van der Waals surface area (Å²) in [4.78, 5) is 30.9. The highest BCUT2D eigenvalue weighted by molar-refractivity contribution is 9.10. The highest BCUT2D eigenvalue weighted by Crippen LogP contribution is 2.23. The third-order valence-electron chi connectivity index (χ3n) is 3.83. The van der Waals surface area contributed by atoms with Gasteiger partial charge in [-0.2, -0.15) is 0 Å². The number of nitrogens with zero attached hydrogens (tertiary/aromatic N) is 2. The quantitative estimate of drug-likeness (QED) is 0.815. The molecule has 2 aromatic rings. The summed E-state index contributed by atoms with van der Waals surface area (Å²) >= 11 is 4.75. The number of nitrogens with one attached hydrogen (secondary N) is 2. The Morgan fingerprint density at radius 3 is 2.79 bits per heavy atom. The van der Waals surface area contributed by atoms with Crippen molar-refractivity contribution in [1.82, 2.24) is 10.3 Å². The minimum Gasteiger partial charge on any atom is -0.365 e. The Morgan fingerprint density at radius 1 is 1.38 bits per heavy atom. The van der Waals surface area contributed by atoms with Crippen LogP contribution in [0.3, 0.4) is 0 Å². The van der Waals surface area contributed by atoms with Crippen LogP contribution in [0, 0.1) is 0 Å². The Bertz CT molecular complexity index is 747. The molecule has 1 unspecified atom stereocenters. The fourth-order valence-corrected chi connectivity index (χ4v) is 3.53. The molecule has 0 radical (unpaired) electrons. The number of aromatic nitrogens is 1. The molecule has 1 saturated heterocycles. The van der Waals surface area contributed by atoms with E-state index in [1.54, 1.807) is 17.3 Å². The second kappa shape index (κ2) is 7.31. The SMILES string of the molecule is CNc1nc(C(=O)NC2CCCN(c3ccc(Br)cc3)C2=O)cs1. The first kappa shape index (κ1) is 16.9. The zero-order chi connectivity index (χ0) is 17.1. The summed E-state index contributed by atoms with van der Waals surface area (Å²) in [6.45, 7) is 0.660. The summed E-state index contributed by atoms with van der Waals surface area (Å²) in [7, 11) is 1.75. The molecule has 0 spiro atoms. The molecule has 1 aliphatic heterocycles. The van der Waals surface area contributed by atoms with Crippen LogP contribution in [-0.2, 0) is 4.79 Å². The van der Waals surface area contributed by atoms with E-state index in [0.29, 0.717) is 23.8 Å². The Balaban J connectivity index is 1.70. The predicted molar refractivity (Wildman–Crippen MR) is 98.6 cm³/mol. The van der Waals surface area contributed by atoms with Gasteiger partial charge in [-0.05, 0) is 37.1 Å². The molecule has 0 saturated carbocycles. The average Bonchev–Trinajstić information content (AvgIpc) is 3.07. The number of carbonyl (C=O) groups excluding carboxylic acids is 2. The van der Waals surface area contributed by atoms with Crippen LogP contribution < -0.4 is 15.5 Å². The molecule has 1 aliphatic rings. The molecule has 1 aromatic carbocycles. The van der Waals surface area contributed by atoms with E-state index in [9.17, 15) is 9.59 Å². The number of amides is 2. The molecular formula is C16H17BrN4O2S. The minimum absolute atomic E-state index is 0.0824. The molecule has 126 valence electrons. The number of rotatable bonds is 4. The van der Waals surface area contributed by atoms with Gasteiger partial charge in [0.15, 0.2) is 5.13 Å². The molecule has 8 heteroatoms.